The van der Waals surface area contributed by atoms with Gasteiger partial charge in [0.25, 0.3) is 0 Å². The van der Waals surface area contributed by atoms with E-state index in [0.29, 0.717) is 18.7 Å². The number of hydrogen-bond acceptors (Lipinski definition) is 4. The molecular formula is C26H25N3OS. The zero-order chi connectivity index (χ0) is 21.6. The van der Waals surface area contributed by atoms with Crippen molar-refractivity contribution < 1.29 is 4.79 Å². The van der Waals surface area contributed by atoms with Gasteiger partial charge in [-0.15, -0.1) is 0 Å². The van der Waals surface area contributed by atoms with Crippen molar-refractivity contribution in [2.24, 2.45) is 0 Å². The first-order valence-electron chi connectivity index (χ1n) is 10.3. The molecule has 4 aromatic rings. The largest absolute Gasteiger partial charge is 0.351 e. The molecule has 1 N–H and O–H groups in total. The molecule has 5 heteroatoms. The molecular weight excluding hydrogens is 402 g/mol. The van der Waals surface area contributed by atoms with Crippen LogP contribution >= 0.6 is 11.8 Å². The van der Waals surface area contributed by atoms with Gasteiger partial charge in [-0.2, -0.15) is 0 Å². The van der Waals surface area contributed by atoms with Gasteiger partial charge in [0.2, 0.25) is 5.91 Å². The number of nitrogens with zero attached hydrogens (tertiary/aromatic N) is 2. The first kappa shape index (κ1) is 21.1. The molecule has 4 nitrogen and oxygen atoms in total. The zero-order valence-corrected chi connectivity index (χ0v) is 18.6. The Bertz CT molecular complexity index is 1190. The molecule has 156 valence electrons. The van der Waals surface area contributed by atoms with Gasteiger partial charge < -0.3 is 5.32 Å². The predicted octanol–water partition coefficient (Wildman–Crippen LogP) is 5.25. The third-order valence-electron chi connectivity index (χ3n) is 5.05. The SMILES string of the molecule is Cc1ccc(CNC(=O)CSc2nc3ccccc3nc2Cc2ccc(C)cc2)cc1. The Morgan fingerprint density at radius 2 is 1.39 bits per heavy atom. The van der Waals surface area contributed by atoms with Crippen molar-refractivity contribution >= 4 is 28.7 Å². The fourth-order valence-electron chi connectivity index (χ4n) is 3.24. The third-order valence-corrected chi connectivity index (χ3v) is 6.06. The van der Waals surface area contributed by atoms with Crippen LogP contribution in [0, 0.1) is 13.8 Å². The average Bonchev–Trinajstić information content (AvgIpc) is 2.78. The highest BCUT2D eigenvalue weighted by Crippen LogP contribution is 2.24. The summed E-state index contributed by atoms with van der Waals surface area (Å²) in [6, 6.07) is 24.5. The summed E-state index contributed by atoms with van der Waals surface area (Å²) in [5, 5.41) is 3.80. The highest BCUT2D eigenvalue weighted by atomic mass is 32.2. The van der Waals surface area contributed by atoms with E-state index in [2.05, 4.69) is 55.6 Å². The van der Waals surface area contributed by atoms with Crippen LogP contribution in [0.25, 0.3) is 11.0 Å². The number of hydrogen-bond donors (Lipinski definition) is 1. The normalized spacial score (nSPS) is 10.9. The molecule has 1 heterocycles. The standard InChI is InChI=1S/C26H25N3OS/c1-18-7-11-20(12-8-18)15-24-26(29-23-6-4-3-5-22(23)28-24)31-17-25(30)27-16-21-13-9-19(2)10-14-21/h3-14H,15-17H2,1-2H3,(H,27,30). The van der Waals surface area contributed by atoms with Gasteiger partial charge >= 0.3 is 0 Å². The van der Waals surface area contributed by atoms with Crippen molar-refractivity contribution in [2.45, 2.75) is 31.8 Å². The van der Waals surface area contributed by atoms with Crippen LogP contribution in [0.4, 0.5) is 0 Å². The van der Waals surface area contributed by atoms with Crippen LogP contribution in [-0.4, -0.2) is 21.6 Å². The summed E-state index contributed by atoms with van der Waals surface area (Å²) in [6.45, 7) is 4.66. The van der Waals surface area contributed by atoms with Gasteiger partial charge in [0.05, 0.1) is 22.5 Å². The van der Waals surface area contributed by atoms with Crippen molar-refractivity contribution in [3.05, 3.63) is 101 Å². The van der Waals surface area contributed by atoms with Crippen LogP contribution < -0.4 is 5.32 Å². The Kier molecular flexibility index (Phi) is 6.63. The molecule has 0 spiro atoms. The Balaban J connectivity index is 1.47. The van der Waals surface area contributed by atoms with Gasteiger partial charge in [-0.05, 0) is 37.1 Å². The minimum Gasteiger partial charge on any atom is -0.351 e. The summed E-state index contributed by atoms with van der Waals surface area (Å²) in [4.78, 5) is 22.1. The number of fused-ring (bicyclic) bond motifs is 1. The van der Waals surface area contributed by atoms with Gasteiger partial charge in [0.15, 0.2) is 0 Å². The van der Waals surface area contributed by atoms with Crippen molar-refractivity contribution in [1.82, 2.24) is 15.3 Å². The van der Waals surface area contributed by atoms with Crippen LogP contribution in [0.3, 0.4) is 0 Å². The average molecular weight is 428 g/mol. The topological polar surface area (TPSA) is 54.9 Å². The van der Waals surface area contributed by atoms with E-state index in [1.165, 1.54) is 28.5 Å². The second-order valence-corrected chi connectivity index (χ2v) is 8.64. The van der Waals surface area contributed by atoms with E-state index in [4.69, 9.17) is 9.97 Å². The number of para-hydroxylation sites is 2. The number of aromatic nitrogens is 2. The summed E-state index contributed by atoms with van der Waals surface area (Å²) in [7, 11) is 0. The van der Waals surface area contributed by atoms with Gasteiger partial charge in [0, 0.05) is 13.0 Å². The van der Waals surface area contributed by atoms with Crippen LogP contribution in [-0.2, 0) is 17.8 Å². The van der Waals surface area contributed by atoms with Crippen LogP contribution in [0.1, 0.15) is 27.9 Å². The van der Waals surface area contributed by atoms with Crippen molar-refractivity contribution in [2.75, 3.05) is 5.75 Å². The molecule has 4 rings (SSSR count). The number of rotatable bonds is 7. The number of carbonyl (C=O) groups is 1. The molecule has 0 aliphatic rings. The first-order valence-corrected chi connectivity index (χ1v) is 11.3. The van der Waals surface area contributed by atoms with E-state index in [-0.39, 0.29) is 5.91 Å². The maximum Gasteiger partial charge on any atom is 0.230 e. The van der Waals surface area contributed by atoms with E-state index in [1.54, 1.807) is 0 Å². The van der Waals surface area contributed by atoms with Crippen molar-refractivity contribution in [3.63, 3.8) is 0 Å². The Morgan fingerprint density at radius 1 is 0.806 bits per heavy atom. The number of nitrogens with one attached hydrogen (secondary N) is 1. The summed E-state index contributed by atoms with van der Waals surface area (Å²) in [6.07, 6.45) is 0.686. The predicted molar refractivity (Wildman–Crippen MR) is 127 cm³/mol. The lowest BCUT2D eigenvalue weighted by molar-refractivity contribution is -0.118. The molecule has 0 fully saturated rings. The highest BCUT2D eigenvalue weighted by molar-refractivity contribution is 7.99. The molecule has 0 saturated heterocycles. The maximum atomic E-state index is 12.4. The quantitative estimate of drug-likeness (QED) is 0.410. The summed E-state index contributed by atoms with van der Waals surface area (Å²) in [5.41, 5.74) is 7.33. The van der Waals surface area contributed by atoms with E-state index < -0.39 is 0 Å². The number of benzene rings is 3. The molecule has 0 aliphatic carbocycles. The van der Waals surface area contributed by atoms with Crippen molar-refractivity contribution in [1.29, 1.82) is 0 Å². The first-order chi connectivity index (χ1) is 15.1. The van der Waals surface area contributed by atoms with Crippen LogP contribution in [0.2, 0.25) is 0 Å². The van der Waals surface area contributed by atoms with Gasteiger partial charge in [0.1, 0.15) is 5.03 Å². The van der Waals surface area contributed by atoms with E-state index in [9.17, 15) is 4.79 Å². The van der Waals surface area contributed by atoms with Gasteiger partial charge in [-0.3, -0.25) is 4.79 Å². The fraction of sp³-hybridized carbons (Fsp3) is 0.192. The van der Waals surface area contributed by atoms with Gasteiger partial charge in [-0.1, -0.05) is 83.6 Å². The van der Waals surface area contributed by atoms with Crippen LogP contribution in [0.15, 0.2) is 77.8 Å². The maximum absolute atomic E-state index is 12.4. The molecule has 31 heavy (non-hydrogen) atoms. The summed E-state index contributed by atoms with van der Waals surface area (Å²) < 4.78 is 0. The van der Waals surface area contributed by atoms with E-state index in [1.807, 2.05) is 36.4 Å². The van der Waals surface area contributed by atoms with Crippen molar-refractivity contribution in [3.8, 4) is 0 Å². The highest BCUT2D eigenvalue weighted by Gasteiger charge is 2.13. The second-order valence-electron chi connectivity index (χ2n) is 7.68. The Hall–Kier alpha value is -3.18. The second kappa shape index (κ2) is 9.75. The minimum atomic E-state index is -0.0122. The Labute approximate surface area is 187 Å². The van der Waals surface area contributed by atoms with E-state index >= 15 is 0 Å². The molecule has 1 aromatic heterocycles. The molecule has 0 radical (unpaired) electrons. The Morgan fingerprint density at radius 3 is 2.03 bits per heavy atom. The molecule has 3 aromatic carbocycles. The lowest BCUT2D eigenvalue weighted by Gasteiger charge is -2.10. The monoisotopic (exact) mass is 427 g/mol. The lowest BCUT2D eigenvalue weighted by Crippen LogP contribution is -2.24. The minimum absolute atomic E-state index is 0.0122. The number of amides is 1. The molecule has 0 atom stereocenters. The third kappa shape index (κ3) is 5.70. The smallest absolute Gasteiger partial charge is 0.230 e. The molecule has 1 amide bonds. The summed E-state index contributed by atoms with van der Waals surface area (Å²) in [5.74, 6) is 0.293. The number of thioether (sulfide) groups is 1. The molecule has 0 saturated carbocycles. The van der Waals surface area contributed by atoms with Crippen LogP contribution in [0.5, 0.6) is 0 Å². The lowest BCUT2D eigenvalue weighted by atomic mass is 10.1. The molecule has 0 bridgehead atoms. The molecule has 0 aliphatic heterocycles. The molecule has 0 unspecified atom stereocenters. The number of aryl methyl sites for hydroxylation is 2. The number of carbonyl (C=O) groups excluding carboxylic acids is 1. The fourth-order valence-corrected chi connectivity index (χ4v) is 4.06. The van der Waals surface area contributed by atoms with Gasteiger partial charge in [-0.25, -0.2) is 9.97 Å². The van der Waals surface area contributed by atoms with E-state index in [0.717, 1.165) is 27.3 Å². The zero-order valence-electron chi connectivity index (χ0n) is 17.8. The summed E-state index contributed by atoms with van der Waals surface area (Å²) >= 11 is 1.44.